The smallest absolute Gasteiger partial charge is 0.255 e. The van der Waals surface area contributed by atoms with Crippen LogP contribution in [0, 0.1) is 17.4 Å². The first-order chi connectivity index (χ1) is 8.97. The average Bonchev–Trinajstić information content (AvgIpc) is 2.36. The zero-order chi connectivity index (χ0) is 14.0. The fourth-order valence-electron chi connectivity index (χ4n) is 1.79. The predicted octanol–water partition coefficient (Wildman–Crippen LogP) is 4.81. The van der Waals surface area contributed by atoms with Gasteiger partial charge in [-0.15, -0.1) is 0 Å². The highest BCUT2D eigenvalue weighted by Gasteiger charge is 2.09. The van der Waals surface area contributed by atoms with Crippen molar-refractivity contribution in [1.82, 2.24) is 0 Å². The van der Waals surface area contributed by atoms with Gasteiger partial charge in [0.1, 0.15) is 0 Å². The molecule has 98 valence electrons. The Balaban J connectivity index is 2.23. The number of aryl methyl sites for hydroxylation is 2. The Morgan fingerprint density at radius 2 is 1.89 bits per heavy atom. The Hall–Kier alpha value is -1.07. The molecule has 4 heteroatoms. The summed E-state index contributed by atoms with van der Waals surface area (Å²) in [6, 6.07) is 11.2. The number of hydrogen-bond acceptors (Lipinski definition) is 1. The highest BCUT2D eigenvalue weighted by Crippen LogP contribution is 2.21. The summed E-state index contributed by atoms with van der Waals surface area (Å²) in [7, 11) is 0. The molecule has 0 fully saturated rings. The Morgan fingerprint density at radius 3 is 2.53 bits per heavy atom. The lowest BCUT2D eigenvalue weighted by Crippen LogP contribution is -2.12. The van der Waals surface area contributed by atoms with Crippen LogP contribution in [0.3, 0.4) is 0 Å². The Bertz CT molecular complexity index is 640. The molecule has 0 saturated heterocycles. The molecule has 0 heterocycles. The van der Waals surface area contributed by atoms with Crippen LogP contribution in [0.2, 0.25) is 5.02 Å². The van der Waals surface area contributed by atoms with E-state index in [1.165, 1.54) is 5.56 Å². The first-order valence-corrected chi connectivity index (χ1v) is 7.26. The van der Waals surface area contributed by atoms with E-state index in [1.807, 2.05) is 38.1 Å². The third kappa shape index (κ3) is 3.48. The molecular weight excluding hydrogens is 373 g/mol. The fraction of sp³-hybridized carbons (Fsp3) is 0.133. The molecule has 1 N–H and O–H groups in total. The van der Waals surface area contributed by atoms with Crippen LogP contribution in [-0.2, 0) is 0 Å². The van der Waals surface area contributed by atoms with Gasteiger partial charge in [-0.3, -0.25) is 4.79 Å². The quantitative estimate of drug-likeness (QED) is 0.738. The van der Waals surface area contributed by atoms with Crippen molar-refractivity contribution in [3.8, 4) is 0 Å². The molecule has 0 aliphatic carbocycles. The summed E-state index contributed by atoms with van der Waals surface area (Å²) in [4.78, 5) is 12.1. The maximum absolute atomic E-state index is 12.1. The van der Waals surface area contributed by atoms with E-state index >= 15 is 0 Å². The Kier molecular flexibility index (Phi) is 4.47. The number of amides is 1. The number of hydrogen-bond donors (Lipinski definition) is 1. The summed E-state index contributed by atoms with van der Waals surface area (Å²) in [6.45, 7) is 4.00. The van der Waals surface area contributed by atoms with Gasteiger partial charge in [-0.2, -0.15) is 0 Å². The topological polar surface area (TPSA) is 29.1 Å². The second-order valence-electron chi connectivity index (χ2n) is 4.40. The number of anilines is 1. The molecule has 2 nitrogen and oxygen atoms in total. The van der Waals surface area contributed by atoms with Gasteiger partial charge in [0, 0.05) is 14.8 Å². The lowest BCUT2D eigenvalue weighted by molar-refractivity contribution is 0.102. The summed E-state index contributed by atoms with van der Waals surface area (Å²) < 4.78 is 0.933. The minimum Gasteiger partial charge on any atom is -0.322 e. The maximum atomic E-state index is 12.1. The third-order valence-electron chi connectivity index (χ3n) is 2.81. The van der Waals surface area contributed by atoms with Crippen molar-refractivity contribution < 1.29 is 4.79 Å². The second kappa shape index (κ2) is 5.92. The standard InChI is InChI=1S/C15H13ClINO/c1-9-3-6-14(10(2)7-9)18-15(19)11-4-5-13(17)12(16)8-11/h3-8H,1-2H3,(H,18,19). The summed E-state index contributed by atoms with van der Waals surface area (Å²) in [6.07, 6.45) is 0. The van der Waals surface area contributed by atoms with E-state index in [1.54, 1.807) is 12.1 Å². The molecule has 0 bridgehead atoms. The lowest BCUT2D eigenvalue weighted by atomic mass is 10.1. The van der Waals surface area contributed by atoms with E-state index < -0.39 is 0 Å². The second-order valence-corrected chi connectivity index (χ2v) is 5.97. The normalized spacial score (nSPS) is 10.3. The third-order valence-corrected chi connectivity index (χ3v) is 4.38. The van der Waals surface area contributed by atoms with Crippen LogP contribution in [0.4, 0.5) is 5.69 Å². The molecule has 19 heavy (non-hydrogen) atoms. The van der Waals surface area contributed by atoms with Crippen LogP contribution in [-0.4, -0.2) is 5.91 Å². The van der Waals surface area contributed by atoms with E-state index in [4.69, 9.17) is 11.6 Å². The van der Waals surface area contributed by atoms with Gasteiger partial charge in [-0.1, -0.05) is 29.3 Å². The Labute approximate surface area is 131 Å². The Morgan fingerprint density at radius 1 is 1.16 bits per heavy atom. The SMILES string of the molecule is Cc1ccc(NC(=O)c2ccc(I)c(Cl)c2)c(C)c1. The molecule has 0 unspecified atom stereocenters. The van der Waals surface area contributed by atoms with E-state index in [-0.39, 0.29) is 5.91 Å². The molecule has 0 saturated carbocycles. The summed E-state index contributed by atoms with van der Waals surface area (Å²) in [5.74, 6) is -0.148. The lowest BCUT2D eigenvalue weighted by Gasteiger charge is -2.09. The molecule has 0 aromatic heterocycles. The summed E-state index contributed by atoms with van der Waals surface area (Å²) in [5, 5.41) is 3.49. The number of halogens is 2. The molecule has 0 atom stereocenters. The minimum atomic E-state index is -0.148. The van der Waals surface area contributed by atoms with Gasteiger partial charge in [-0.05, 0) is 66.3 Å². The van der Waals surface area contributed by atoms with Crippen LogP contribution in [0.15, 0.2) is 36.4 Å². The number of benzene rings is 2. The fourth-order valence-corrected chi connectivity index (χ4v) is 2.30. The van der Waals surface area contributed by atoms with Crippen molar-refractivity contribution in [2.45, 2.75) is 13.8 Å². The highest BCUT2D eigenvalue weighted by molar-refractivity contribution is 14.1. The number of carbonyl (C=O) groups is 1. The van der Waals surface area contributed by atoms with Crippen LogP contribution < -0.4 is 5.32 Å². The van der Waals surface area contributed by atoms with Crippen LogP contribution in [0.5, 0.6) is 0 Å². The molecule has 2 aromatic rings. The zero-order valence-corrected chi connectivity index (χ0v) is 13.5. The monoisotopic (exact) mass is 385 g/mol. The molecular formula is C15H13ClINO. The highest BCUT2D eigenvalue weighted by atomic mass is 127. The zero-order valence-electron chi connectivity index (χ0n) is 10.6. The molecule has 2 aromatic carbocycles. The molecule has 2 rings (SSSR count). The van der Waals surface area contributed by atoms with Gasteiger partial charge in [0.25, 0.3) is 5.91 Å². The van der Waals surface area contributed by atoms with Crippen LogP contribution >= 0.6 is 34.2 Å². The molecule has 0 aliphatic rings. The van der Waals surface area contributed by atoms with Crippen molar-refractivity contribution in [2.24, 2.45) is 0 Å². The minimum absolute atomic E-state index is 0.148. The van der Waals surface area contributed by atoms with Crippen LogP contribution in [0.25, 0.3) is 0 Å². The van der Waals surface area contributed by atoms with Crippen molar-refractivity contribution >= 4 is 45.8 Å². The van der Waals surface area contributed by atoms with E-state index in [2.05, 4.69) is 27.9 Å². The van der Waals surface area contributed by atoms with Gasteiger partial charge in [0.05, 0.1) is 5.02 Å². The largest absolute Gasteiger partial charge is 0.322 e. The van der Waals surface area contributed by atoms with Crippen molar-refractivity contribution in [2.75, 3.05) is 5.32 Å². The van der Waals surface area contributed by atoms with Crippen LogP contribution in [0.1, 0.15) is 21.5 Å². The van der Waals surface area contributed by atoms with Gasteiger partial charge < -0.3 is 5.32 Å². The van der Waals surface area contributed by atoms with E-state index in [0.717, 1.165) is 14.8 Å². The molecule has 0 radical (unpaired) electrons. The predicted molar refractivity (Wildman–Crippen MR) is 88.0 cm³/mol. The number of nitrogens with one attached hydrogen (secondary N) is 1. The molecule has 0 aliphatic heterocycles. The molecule has 0 spiro atoms. The van der Waals surface area contributed by atoms with E-state index in [0.29, 0.717) is 10.6 Å². The van der Waals surface area contributed by atoms with Gasteiger partial charge in [0.2, 0.25) is 0 Å². The summed E-state index contributed by atoms with van der Waals surface area (Å²) in [5.41, 5.74) is 3.61. The number of rotatable bonds is 2. The van der Waals surface area contributed by atoms with Crippen molar-refractivity contribution in [1.29, 1.82) is 0 Å². The molecule has 1 amide bonds. The maximum Gasteiger partial charge on any atom is 0.255 e. The summed E-state index contributed by atoms with van der Waals surface area (Å²) >= 11 is 8.16. The van der Waals surface area contributed by atoms with Gasteiger partial charge in [0.15, 0.2) is 0 Å². The van der Waals surface area contributed by atoms with Crippen molar-refractivity contribution in [3.05, 3.63) is 61.7 Å². The first kappa shape index (κ1) is 14.3. The van der Waals surface area contributed by atoms with Gasteiger partial charge >= 0.3 is 0 Å². The van der Waals surface area contributed by atoms with Crippen molar-refractivity contribution in [3.63, 3.8) is 0 Å². The van der Waals surface area contributed by atoms with E-state index in [9.17, 15) is 4.79 Å². The van der Waals surface area contributed by atoms with Gasteiger partial charge in [-0.25, -0.2) is 0 Å². The first-order valence-electron chi connectivity index (χ1n) is 5.81. The average molecular weight is 386 g/mol. The number of carbonyl (C=O) groups excluding carboxylic acids is 1.